The van der Waals surface area contributed by atoms with Crippen molar-refractivity contribution in [1.82, 2.24) is 0 Å². The van der Waals surface area contributed by atoms with E-state index in [4.69, 9.17) is 10.5 Å². The molecule has 1 aromatic heterocycles. The first-order valence-electron chi connectivity index (χ1n) is 7.41. The number of nitrogens with zero attached hydrogens (tertiary/aromatic N) is 1. The Hall–Kier alpha value is -2.24. The van der Waals surface area contributed by atoms with Gasteiger partial charge in [0.05, 0.1) is 5.92 Å². The van der Waals surface area contributed by atoms with E-state index in [1.807, 2.05) is 6.92 Å². The summed E-state index contributed by atoms with van der Waals surface area (Å²) in [6.45, 7) is 3.68. The Morgan fingerprint density at radius 2 is 2.23 bits per heavy atom. The molecule has 2 N–H and O–H groups in total. The van der Waals surface area contributed by atoms with Gasteiger partial charge >= 0.3 is 5.97 Å². The van der Waals surface area contributed by atoms with E-state index in [9.17, 15) is 14.4 Å². The second kappa shape index (κ2) is 6.25. The van der Waals surface area contributed by atoms with Crippen LogP contribution in [-0.4, -0.2) is 23.3 Å². The quantitative estimate of drug-likeness (QED) is 0.620. The standard InChI is InChI=1S/C16H20N2O4/c1-3-5-11-8-16(2,22-15(11)21)13(19)10-18-7-4-6-12(9-18)14(17)20/h4,6-7,9,11H,3,5,8,10H2,1-2H3,(H-,17,20)/p+1/t11-,16-/m1/s1. The Morgan fingerprint density at radius 3 is 2.86 bits per heavy atom. The summed E-state index contributed by atoms with van der Waals surface area (Å²) in [5, 5.41) is 0. The van der Waals surface area contributed by atoms with Gasteiger partial charge in [-0.3, -0.25) is 14.4 Å². The molecule has 6 nitrogen and oxygen atoms in total. The number of primary amides is 1. The third kappa shape index (κ3) is 3.32. The van der Waals surface area contributed by atoms with E-state index in [0.29, 0.717) is 12.0 Å². The number of cyclic esters (lactones) is 1. The lowest BCUT2D eigenvalue weighted by Crippen LogP contribution is -2.47. The molecule has 22 heavy (non-hydrogen) atoms. The molecule has 1 aliphatic rings. The zero-order valence-electron chi connectivity index (χ0n) is 12.9. The van der Waals surface area contributed by atoms with Crippen molar-refractivity contribution in [2.75, 3.05) is 0 Å². The molecule has 2 rings (SSSR count). The number of carbonyl (C=O) groups is 3. The molecule has 1 amide bonds. The summed E-state index contributed by atoms with van der Waals surface area (Å²) in [5.41, 5.74) is 4.46. The van der Waals surface area contributed by atoms with E-state index in [2.05, 4.69) is 0 Å². The predicted octanol–water partition coefficient (Wildman–Crippen LogP) is 0.764. The number of ketones is 1. The van der Waals surface area contributed by atoms with Crippen LogP contribution in [0, 0.1) is 5.92 Å². The molecule has 0 radical (unpaired) electrons. The van der Waals surface area contributed by atoms with Crippen molar-refractivity contribution in [3.63, 3.8) is 0 Å². The molecular weight excluding hydrogens is 284 g/mol. The number of nitrogens with two attached hydrogens (primary N) is 1. The maximum atomic E-state index is 12.5. The van der Waals surface area contributed by atoms with Crippen LogP contribution < -0.4 is 10.3 Å². The number of carbonyl (C=O) groups excluding carboxylic acids is 3. The third-order valence-electron chi connectivity index (χ3n) is 3.99. The largest absolute Gasteiger partial charge is 0.451 e. The lowest BCUT2D eigenvalue weighted by Gasteiger charge is -2.19. The highest BCUT2D eigenvalue weighted by atomic mass is 16.6. The van der Waals surface area contributed by atoms with Gasteiger partial charge in [-0.15, -0.1) is 0 Å². The minimum Gasteiger partial charge on any atom is -0.451 e. The topological polar surface area (TPSA) is 90.3 Å². The number of hydrogen-bond donors (Lipinski definition) is 1. The summed E-state index contributed by atoms with van der Waals surface area (Å²) in [5.74, 6) is -1.25. The fourth-order valence-corrected chi connectivity index (χ4v) is 2.74. The zero-order chi connectivity index (χ0) is 16.3. The predicted molar refractivity (Wildman–Crippen MR) is 77.7 cm³/mol. The van der Waals surface area contributed by atoms with Crippen LogP contribution >= 0.6 is 0 Å². The van der Waals surface area contributed by atoms with Gasteiger partial charge in [-0.1, -0.05) is 13.3 Å². The minimum absolute atomic E-state index is 0.0315. The van der Waals surface area contributed by atoms with Crippen LogP contribution in [0.4, 0.5) is 0 Å². The smallest absolute Gasteiger partial charge is 0.310 e. The molecule has 6 heteroatoms. The van der Waals surface area contributed by atoms with Crippen LogP contribution in [0.25, 0.3) is 0 Å². The van der Waals surface area contributed by atoms with E-state index in [1.165, 1.54) is 6.20 Å². The molecule has 1 aliphatic heterocycles. The van der Waals surface area contributed by atoms with Crippen LogP contribution in [0.15, 0.2) is 24.5 Å². The van der Waals surface area contributed by atoms with Crippen molar-refractivity contribution < 1.29 is 23.7 Å². The van der Waals surface area contributed by atoms with Gasteiger partial charge in [0.15, 0.2) is 18.0 Å². The monoisotopic (exact) mass is 305 g/mol. The molecule has 118 valence electrons. The van der Waals surface area contributed by atoms with E-state index in [0.717, 1.165) is 12.8 Å². The highest BCUT2D eigenvalue weighted by Gasteiger charge is 2.48. The average molecular weight is 305 g/mol. The maximum Gasteiger partial charge on any atom is 0.310 e. The first-order valence-corrected chi connectivity index (χ1v) is 7.41. The lowest BCUT2D eigenvalue weighted by molar-refractivity contribution is -0.684. The number of amides is 1. The summed E-state index contributed by atoms with van der Waals surface area (Å²) >= 11 is 0. The Kier molecular flexibility index (Phi) is 4.59. The molecule has 0 aromatic carbocycles. The molecule has 0 bridgehead atoms. The molecular formula is C16H21N2O4+. The van der Waals surface area contributed by atoms with Crippen LogP contribution in [0.2, 0.25) is 0 Å². The molecule has 0 unspecified atom stereocenters. The van der Waals surface area contributed by atoms with E-state index in [1.54, 1.807) is 29.8 Å². The first-order chi connectivity index (χ1) is 10.4. The maximum absolute atomic E-state index is 12.5. The highest BCUT2D eigenvalue weighted by molar-refractivity contribution is 5.92. The molecule has 0 spiro atoms. The number of esters is 1. The Morgan fingerprint density at radius 1 is 1.50 bits per heavy atom. The van der Waals surface area contributed by atoms with Crippen LogP contribution in [0.1, 0.15) is 43.5 Å². The number of pyridine rings is 1. The molecule has 0 saturated carbocycles. The summed E-state index contributed by atoms with van der Waals surface area (Å²) < 4.78 is 6.91. The van der Waals surface area contributed by atoms with Crippen LogP contribution in [0.3, 0.4) is 0 Å². The number of Topliss-reactive ketones (excluding diaryl/α,β-unsaturated/α-hetero) is 1. The van der Waals surface area contributed by atoms with Gasteiger partial charge in [-0.2, -0.15) is 4.57 Å². The Balaban J connectivity index is 2.10. The fraction of sp³-hybridized carbons (Fsp3) is 0.500. The van der Waals surface area contributed by atoms with Crippen molar-refractivity contribution in [2.24, 2.45) is 11.7 Å². The highest BCUT2D eigenvalue weighted by Crippen LogP contribution is 2.34. The summed E-state index contributed by atoms with van der Waals surface area (Å²) in [4.78, 5) is 35.5. The second-order valence-electron chi connectivity index (χ2n) is 5.89. The molecule has 1 fully saturated rings. The number of aromatic nitrogens is 1. The molecule has 2 heterocycles. The molecule has 2 atom stereocenters. The van der Waals surface area contributed by atoms with E-state index in [-0.39, 0.29) is 24.2 Å². The summed E-state index contributed by atoms with van der Waals surface area (Å²) in [7, 11) is 0. The number of ether oxygens (including phenoxy) is 1. The Bertz CT molecular complexity index is 614. The van der Waals surface area contributed by atoms with Gasteiger partial charge in [0.1, 0.15) is 5.56 Å². The van der Waals surface area contributed by atoms with Crippen molar-refractivity contribution in [3.05, 3.63) is 30.1 Å². The van der Waals surface area contributed by atoms with Gasteiger partial charge in [-0.05, 0) is 19.4 Å². The lowest BCUT2D eigenvalue weighted by atomic mass is 9.89. The van der Waals surface area contributed by atoms with Crippen molar-refractivity contribution in [1.29, 1.82) is 0 Å². The second-order valence-corrected chi connectivity index (χ2v) is 5.89. The average Bonchev–Trinajstić information content (AvgIpc) is 2.75. The minimum atomic E-state index is -1.09. The molecule has 1 saturated heterocycles. The van der Waals surface area contributed by atoms with Crippen molar-refractivity contribution in [3.8, 4) is 0 Å². The van der Waals surface area contributed by atoms with Gasteiger partial charge in [0, 0.05) is 12.5 Å². The van der Waals surface area contributed by atoms with Gasteiger partial charge in [0.25, 0.3) is 5.91 Å². The summed E-state index contributed by atoms with van der Waals surface area (Å²) in [6.07, 6.45) is 5.21. The first kappa shape index (κ1) is 16.1. The molecule has 0 aliphatic carbocycles. The van der Waals surface area contributed by atoms with Crippen LogP contribution in [0.5, 0.6) is 0 Å². The van der Waals surface area contributed by atoms with E-state index < -0.39 is 11.5 Å². The van der Waals surface area contributed by atoms with Crippen molar-refractivity contribution >= 4 is 17.7 Å². The normalized spacial score (nSPS) is 24.1. The molecule has 1 aromatic rings. The summed E-state index contributed by atoms with van der Waals surface area (Å²) in [6, 6.07) is 3.23. The number of hydrogen-bond acceptors (Lipinski definition) is 4. The fourth-order valence-electron chi connectivity index (χ4n) is 2.74. The van der Waals surface area contributed by atoms with Gasteiger partial charge in [0.2, 0.25) is 12.3 Å². The van der Waals surface area contributed by atoms with Crippen LogP contribution in [-0.2, 0) is 20.9 Å². The SMILES string of the molecule is CCC[C@@H]1C[C@](C)(C(=O)C[n+]2cccc(C(N)=O)c2)OC1=O. The Labute approximate surface area is 129 Å². The third-order valence-corrected chi connectivity index (χ3v) is 3.99. The van der Waals surface area contributed by atoms with E-state index >= 15 is 0 Å². The van der Waals surface area contributed by atoms with Crippen molar-refractivity contribution in [2.45, 2.75) is 45.3 Å². The number of rotatable bonds is 6. The van der Waals surface area contributed by atoms with Gasteiger partial charge < -0.3 is 10.5 Å². The van der Waals surface area contributed by atoms with Gasteiger partial charge in [-0.25, -0.2) is 0 Å². The zero-order valence-corrected chi connectivity index (χ0v) is 12.9.